The van der Waals surface area contributed by atoms with Gasteiger partial charge in [-0.1, -0.05) is 12.1 Å². The number of nitrogens with zero attached hydrogens (tertiary/aromatic N) is 5. The third-order valence-corrected chi connectivity index (χ3v) is 5.61. The molecule has 3 heterocycles. The van der Waals surface area contributed by atoms with Crippen LogP contribution in [0.25, 0.3) is 0 Å². The number of fused-ring (bicyclic) bond motifs is 1. The Balaban J connectivity index is 1.35. The van der Waals surface area contributed by atoms with Gasteiger partial charge in [0.15, 0.2) is 5.82 Å². The van der Waals surface area contributed by atoms with Crippen LogP contribution in [0.5, 0.6) is 5.75 Å². The van der Waals surface area contributed by atoms with Crippen LogP contribution >= 0.6 is 0 Å². The van der Waals surface area contributed by atoms with Gasteiger partial charge < -0.3 is 20.3 Å². The summed E-state index contributed by atoms with van der Waals surface area (Å²) in [6, 6.07) is 7.90. The first-order chi connectivity index (χ1) is 15.4. The Bertz CT molecular complexity index is 1090. The highest BCUT2D eigenvalue weighted by atomic mass is 16.5. The molecule has 1 atom stereocenters. The van der Waals surface area contributed by atoms with Gasteiger partial charge in [-0.15, -0.1) is 0 Å². The summed E-state index contributed by atoms with van der Waals surface area (Å²) in [5, 5.41) is 10.6. The van der Waals surface area contributed by atoms with Crippen molar-refractivity contribution < 1.29 is 9.53 Å². The summed E-state index contributed by atoms with van der Waals surface area (Å²) in [5.74, 6) is 2.09. The molecule has 3 aromatic rings. The molecule has 0 unspecified atom stereocenters. The Kier molecular flexibility index (Phi) is 6.25. The third kappa shape index (κ3) is 4.66. The summed E-state index contributed by atoms with van der Waals surface area (Å²) in [7, 11) is 1.87. The summed E-state index contributed by atoms with van der Waals surface area (Å²) in [6.07, 6.45) is 4.77. The maximum absolute atomic E-state index is 12.1. The van der Waals surface area contributed by atoms with Gasteiger partial charge in [0.1, 0.15) is 17.5 Å². The van der Waals surface area contributed by atoms with Gasteiger partial charge in [0.05, 0.1) is 18.5 Å². The summed E-state index contributed by atoms with van der Waals surface area (Å²) in [4.78, 5) is 23.0. The van der Waals surface area contributed by atoms with Crippen LogP contribution in [-0.4, -0.2) is 45.4 Å². The zero-order chi connectivity index (χ0) is 22.7. The lowest BCUT2D eigenvalue weighted by molar-refractivity contribution is -0.117. The van der Waals surface area contributed by atoms with Crippen molar-refractivity contribution in [3.05, 3.63) is 53.5 Å². The van der Waals surface area contributed by atoms with E-state index in [4.69, 9.17) is 4.74 Å². The molecule has 0 radical (unpaired) electrons. The highest BCUT2D eigenvalue weighted by Gasteiger charge is 2.30. The highest BCUT2D eigenvalue weighted by Crippen LogP contribution is 2.32. The zero-order valence-electron chi connectivity index (χ0n) is 18.9. The van der Waals surface area contributed by atoms with Gasteiger partial charge in [0.25, 0.3) is 0 Å². The normalized spacial score (nSPS) is 15.3. The number of carbonyl (C=O) groups is 1. The lowest BCUT2D eigenvalue weighted by atomic mass is 10.1. The largest absolute Gasteiger partial charge is 0.494 e. The molecule has 168 valence electrons. The molecule has 0 bridgehead atoms. The first kappa shape index (κ1) is 21.6. The number of likely N-dealkylation sites (N-methyl/N-ethyl adjacent to an activating group) is 1. The maximum atomic E-state index is 12.1. The van der Waals surface area contributed by atoms with Crippen molar-refractivity contribution in [3.8, 4) is 5.75 Å². The van der Waals surface area contributed by atoms with E-state index in [1.165, 1.54) is 5.56 Å². The van der Waals surface area contributed by atoms with Crippen LogP contribution in [0.3, 0.4) is 0 Å². The second-order valence-corrected chi connectivity index (χ2v) is 7.90. The molecule has 32 heavy (non-hydrogen) atoms. The number of aryl methyl sites for hydroxylation is 3. The van der Waals surface area contributed by atoms with E-state index in [9.17, 15) is 4.79 Å². The predicted molar refractivity (Wildman–Crippen MR) is 124 cm³/mol. The van der Waals surface area contributed by atoms with Crippen LogP contribution in [0.1, 0.15) is 30.7 Å². The number of benzene rings is 1. The summed E-state index contributed by atoms with van der Waals surface area (Å²) < 4.78 is 7.43. The molecule has 1 amide bonds. The van der Waals surface area contributed by atoms with Gasteiger partial charge in [-0.3, -0.25) is 9.48 Å². The van der Waals surface area contributed by atoms with Crippen LogP contribution in [-0.2, 0) is 24.3 Å². The van der Waals surface area contributed by atoms with Gasteiger partial charge in [0.2, 0.25) is 11.9 Å². The smallest absolute Gasteiger partial charge is 0.246 e. The number of anilines is 3. The van der Waals surface area contributed by atoms with Crippen molar-refractivity contribution in [1.82, 2.24) is 19.7 Å². The summed E-state index contributed by atoms with van der Waals surface area (Å²) >= 11 is 0. The van der Waals surface area contributed by atoms with Crippen molar-refractivity contribution >= 4 is 23.4 Å². The second kappa shape index (κ2) is 9.25. The van der Waals surface area contributed by atoms with Gasteiger partial charge in [0, 0.05) is 31.9 Å². The van der Waals surface area contributed by atoms with Crippen molar-refractivity contribution in [2.45, 2.75) is 46.3 Å². The topological polar surface area (TPSA) is 97.2 Å². The Morgan fingerprint density at radius 1 is 1.19 bits per heavy atom. The number of ether oxygens (including phenoxy) is 1. The first-order valence-corrected chi connectivity index (χ1v) is 10.8. The van der Waals surface area contributed by atoms with E-state index < -0.39 is 0 Å². The zero-order valence-corrected chi connectivity index (χ0v) is 18.9. The SMILES string of the molecule is CCOc1ccc(CCn2cc(CNc3nc(C)c4c(n3)N(C)[C@@H](C)C(=O)N4)cn2)cc1. The van der Waals surface area contributed by atoms with Crippen molar-refractivity contribution in [2.75, 3.05) is 29.2 Å². The van der Waals surface area contributed by atoms with E-state index in [2.05, 4.69) is 37.8 Å². The van der Waals surface area contributed by atoms with Gasteiger partial charge in [-0.25, -0.2) is 4.98 Å². The molecule has 0 fully saturated rings. The number of nitrogens with one attached hydrogen (secondary N) is 2. The monoisotopic (exact) mass is 435 g/mol. The molecule has 1 aliphatic heterocycles. The number of aromatic nitrogens is 4. The second-order valence-electron chi connectivity index (χ2n) is 7.90. The molecule has 2 aromatic heterocycles. The van der Waals surface area contributed by atoms with Crippen molar-refractivity contribution in [2.24, 2.45) is 0 Å². The quantitative estimate of drug-likeness (QED) is 0.561. The van der Waals surface area contributed by atoms with Crippen LogP contribution < -0.4 is 20.3 Å². The van der Waals surface area contributed by atoms with Gasteiger partial charge in [-0.2, -0.15) is 10.1 Å². The van der Waals surface area contributed by atoms with E-state index in [0.717, 1.165) is 35.8 Å². The van der Waals surface area contributed by atoms with Crippen molar-refractivity contribution in [1.29, 1.82) is 0 Å². The summed E-state index contributed by atoms with van der Waals surface area (Å²) in [6.45, 7) is 7.73. The highest BCUT2D eigenvalue weighted by molar-refractivity contribution is 6.03. The predicted octanol–water partition coefficient (Wildman–Crippen LogP) is 3.01. The molecular weight excluding hydrogens is 406 g/mol. The van der Waals surface area contributed by atoms with Gasteiger partial charge in [-0.05, 0) is 44.9 Å². The van der Waals surface area contributed by atoms with E-state index in [1.54, 1.807) is 0 Å². The Morgan fingerprint density at radius 2 is 1.97 bits per heavy atom. The average molecular weight is 436 g/mol. The standard InChI is InChI=1S/C23H29N7O2/c1-5-32-19-8-6-17(7-9-19)10-11-30-14-18(13-25-30)12-24-23-26-15(2)20-21(28-23)29(4)16(3)22(31)27-20/h6-9,13-14,16H,5,10-12H2,1-4H3,(H,27,31)(H,24,26,28)/t16-/m0/s1. The molecule has 2 N–H and O–H groups in total. The fourth-order valence-corrected chi connectivity index (χ4v) is 3.59. The first-order valence-electron chi connectivity index (χ1n) is 10.8. The number of hydrogen-bond acceptors (Lipinski definition) is 7. The number of rotatable bonds is 8. The molecule has 0 spiro atoms. The molecular formula is C23H29N7O2. The minimum absolute atomic E-state index is 0.0509. The molecule has 4 rings (SSSR count). The molecule has 9 nitrogen and oxygen atoms in total. The number of carbonyl (C=O) groups excluding carboxylic acids is 1. The minimum atomic E-state index is -0.279. The van der Waals surface area contributed by atoms with E-state index in [-0.39, 0.29) is 11.9 Å². The molecule has 0 aliphatic carbocycles. The molecule has 0 saturated carbocycles. The van der Waals surface area contributed by atoms with Gasteiger partial charge >= 0.3 is 0 Å². The fraction of sp³-hybridized carbons (Fsp3) is 0.391. The van der Waals surface area contributed by atoms with E-state index in [1.807, 2.05) is 61.9 Å². The number of amides is 1. The molecule has 9 heteroatoms. The number of hydrogen-bond donors (Lipinski definition) is 2. The van der Waals surface area contributed by atoms with E-state index >= 15 is 0 Å². The lowest BCUT2D eigenvalue weighted by Crippen LogP contribution is -2.44. The maximum Gasteiger partial charge on any atom is 0.246 e. The lowest BCUT2D eigenvalue weighted by Gasteiger charge is -2.32. The van der Waals surface area contributed by atoms with Crippen molar-refractivity contribution in [3.63, 3.8) is 0 Å². The molecule has 0 saturated heterocycles. The Hall–Kier alpha value is -3.62. The molecule has 1 aliphatic rings. The average Bonchev–Trinajstić information content (AvgIpc) is 3.25. The molecule has 1 aromatic carbocycles. The van der Waals surface area contributed by atoms with Crippen LogP contribution in [0, 0.1) is 6.92 Å². The van der Waals surface area contributed by atoms with Crippen LogP contribution in [0.4, 0.5) is 17.5 Å². The Morgan fingerprint density at radius 3 is 2.72 bits per heavy atom. The Labute approximate surface area is 187 Å². The van der Waals surface area contributed by atoms with Crippen LogP contribution in [0.2, 0.25) is 0 Å². The minimum Gasteiger partial charge on any atom is -0.494 e. The fourth-order valence-electron chi connectivity index (χ4n) is 3.59. The van der Waals surface area contributed by atoms with E-state index in [0.29, 0.717) is 24.8 Å². The summed E-state index contributed by atoms with van der Waals surface area (Å²) in [5.41, 5.74) is 3.69. The van der Waals surface area contributed by atoms with Crippen LogP contribution in [0.15, 0.2) is 36.7 Å². The third-order valence-electron chi connectivity index (χ3n) is 5.61.